The predicted octanol–water partition coefficient (Wildman–Crippen LogP) is 0.917. The maximum Gasteiger partial charge on any atom is 0.358 e. The Morgan fingerprint density at radius 2 is 2.00 bits per heavy atom. The number of rotatable bonds is 4. The third-order valence-corrected chi connectivity index (χ3v) is 3.61. The molecular weight excluding hydrogens is 260 g/mol. The van der Waals surface area contributed by atoms with Gasteiger partial charge >= 0.3 is 5.97 Å². The number of aromatic carboxylic acids is 1. The van der Waals surface area contributed by atoms with Crippen LogP contribution in [0.25, 0.3) is 0 Å². The third-order valence-electron chi connectivity index (χ3n) is 3.61. The number of aromatic nitrogens is 3. The van der Waals surface area contributed by atoms with Crippen molar-refractivity contribution in [3.63, 3.8) is 0 Å². The van der Waals surface area contributed by atoms with Gasteiger partial charge in [-0.2, -0.15) is 0 Å². The molecule has 1 aromatic heterocycles. The summed E-state index contributed by atoms with van der Waals surface area (Å²) in [6.45, 7) is 4.40. The first-order valence-corrected chi connectivity index (χ1v) is 6.86. The molecule has 0 aromatic carbocycles. The average Bonchev–Trinajstić information content (AvgIpc) is 2.75. The maximum atomic E-state index is 11.9. The van der Waals surface area contributed by atoms with E-state index in [1.807, 2.05) is 0 Å². The summed E-state index contributed by atoms with van der Waals surface area (Å²) in [6, 6.07) is 0.198. The fraction of sp³-hybridized carbons (Fsp3) is 0.692. The van der Waals surface area contributed by atoms with Crippen LogP contribution in [-0.2, 0) is 11.3 Å². The number of nitrogens with one attached hydrogen (secondary N) is 1. The largest absolute Gasteiger partial charge is 0.476 e. The van der Waals surface area contributed by atoms with Crippen LogP contribution in [0.1, 0.15) is 43.6 Å². The van der Waals surface area contributed by atoms with Crippen molar-refractivity contribution in [1.82, 2.24) is 20.3 Å². The van der Waals surface area contributed by atoms with E-state index in [-0.39, 0.29) is 24.2 Å². The van der Waals surface area contributed by atoms with Gasteiger partial charge in [-0.25, -0.2) is 9.48 Å². The van der Waals surface area contributed by atoms with E-state index in [0.29, 0.717) is 11.8 Å². The number of carboxylic acid groups (broad SMARTS) is 1. The first-order chi connectivity index (χ1) is 9.44. The van der Waals surface area contributed by atoms with Crippen LogP contribution in [0.3, 0.4) is 0 Å². The maximum absolute atomic E-state index is 11.9. The van der Waals surface area contributed by atoms with Crippen molar-refractivity contribution < 1.29 is 14.7 Å². The van der Waals surface area contributed by atoms with Gasteiger partial charge in [0.1, 0.15) is 6.54 Å². The molecule has 1 heterocycles. The first-order valence-electron chi connectivity index (χ1n) is 6.86. The molecule has 2 atom stereocenters. The molecule has 0 radical (unpaired) electrons. The minimum absolute atomic E-state index is 0.000454. The van der Waals surface area contributed by atoms with Crippen molar-refractivity contribution in [3.05, 3.63) is 11.9 Å². The number of nitrogens with zero attached hydrogens (tertiary/aromatic N) is 3. The number of amides is 1. The molecule has 2 N–H and O–H groups in total. The second-order valence-corrected chi connectivity index (χ2v) is 5.79. The van der Waals surface area contributed by atoms with Gasteiger partial charge in [-0.1, -0.05) is 19.1 Å². The van der Waals surface area contributed by atoms with Crippen LogP contribution < -0.4 is 5.32 Å². The molecule has 0 saturated heterocycles. The molecule has 7 heteroatoms. The highest BCUT2D eigenvalue weighted by molar-refractivity contribution is 5.84. The smallest absolute Gasteiger partial charge is 0.358 e. The number of carboxylic acids is 1. The van der Waals surface area contributed by atoms with Crippen molar-refractivity contribution in [2.24, 2.45) is 11.8 Å². The molecule has 1 aliphatic rings. The molecule has 20 heavy (non-hydrogen) atoms. The van der Waals surface area contributed by atoms with Crippen LogP contribution in [0, 0.1) is 11.8 Å². The van der Waals surface area contributed by atoms with Gasteiger partial charge in [0.25, 0.3) is 0 Å². The second-order valence-electron chi connectivity index (χ2n) is 5.79. The van der Waals surface area contributed by atoms with Crippen LogP contribution in [0.15, 0.2) is 6.20 Å². The minimum atomic E-state index is -1.15. The molecule has 110 valence electrons. The number of carbonyl (C=O) groups excluding carboxylic acids is 1. The Hall–Kier alpha value is -1.92. The standard InChI is InChI=1S/C13H20N4O3/c1-8-3-9(2)5-10(4-8)14-12(18)7-17-6-11(13(19)20)15-16-17/h6,8-10H,3-5,7H2,1-2H3,(H,14,18)(H,19,20). The summed E-state index contributed by atoms with van der Waals surface area (Å²) in [5.41, 5.74) is -0.155. The van der Waals surface area contributed by atoms with Gasteiger partial charge in [-0.05, 0) is 31.1 Å². The zero-order valence-corrected chi connectivity index (χ0v) is 11.7. The molecular formula is C13H20N4O3. The number of carbonyl (C=O) groups is 2. The fourth-order valence-corrected chi connectivity index (χ4v) is 2.96. The lowest BCUT2D eigenvalue weighted by Crippen LogP contribution is -2.41. The van der Waals surface area contributed by atoms with Gasteiger partial charge in [-0.15, -0.1) is 5.10 Å². The first kappa shape index (κ1) is 14.5. The highest BCUT2D eigenvalue weighted by atomic mass is 16.4. The molecule has 0 aliphatic heterocycles. The topological polar surface area (TPSA) is 97.1 Å². The molecule has 1 amide bonds. The molecule has 7 nitrogen and oxygen atoms in total. The molecule has 0 spiro atoms. The normalized spacial score (nSPS) is 26.2. The lowest BCUT2D eigenvalue weighted by molar-refractivity contribution is -0.123. The van der Waals surface area contributed by atoms with Crippen molar-refractivity contribution in [2.45, 2.75) is 45.7 Å². The van der Waals surface area contributed by atoms with Gasteiger partial charge in [0, 0.05) is 6.04 Å². The zero-order chi connectivity index (χ0) is 14.7. The number of hydrogen-bond donors (Lipinski definition) is 2. The lowest BCUT2D eigenvalue weighted by Gasteiger charge is -2.31. The minimum Gasteiger partial charge on any atom is -0.476 e. The molecule has 1 fully saturated rings. The Labute approximate surface area is 117 Å². The Morgan fingerprint density at radius 1 is 1.35 bits per heavy atom. The predicted molar refractivity (Wildman–Crippen MR) is 71.1 cm³/mol. The van der Waals surface area contributed by atoms with E-state index in [4.69, 9.17) is 5.11 Å². The van der Waals surface area contributed by atoms with Crippen molar-refractivity contribution in [2.75, 3.05) is 0 Å². The van der Waals surface area contributed by atoms with Crippen molar-refractivity contribution in [1.29, 1.82) is 0 Å². The van der Waals surface area contributed by atoms with Crippen LogP contribution in [0.5, 0.6) is 0 Å². The summed E-state index contributed by atoms with van der Waals surface area (Å²) in [5, 5.41) is 18.8. The van der Waals surface area contributed by atoms with Gasteiger partial charge in [0.15, 0.2) is 5.69 Å². The van der Waals surface area contributed by atoms with Crippen molar-refractivity contribution >= 4 is 11.9 Å². The fourth-order valence-electron chi connectivity index (χ4n) is 2.96. The molecule has 0 bridgehead atoms. The lowest BCUT2D eigenvalue weighted by atomic mass is 9.80. The summed E-state index contributed by atoms with van der Waals surface area (Å²) in [7, 11) is 0. The summed E-state index contributed by atoms with van der Waals surface area (Å²) >= 11 is 0. The van der Waals surface area contributed by atoms with Gasteiger partial charge in [0.05, 0.1) is 6.20 Å². The highest BCUT2D eigenvalue weighted by Gasteiger charge is 2.25. The van der Waals surface area contributed by atoms with E-state index in [1.165, 1.54) is 17.3 Å². The van der Waals surface area contributed by atoms with Gasteiger partial charge in [0.2, 0.25) is 5.91 Å². The van der Waals surface area contributed by atoms with E-state index in [0.717, 1.165) is 12.8 Å². The van der Waals surface area contributed by atoms with E-state index >= 15 is 0 Å². The Bertz CT molecular complexity index is 490. The molecule has 2 unspecified atom stereocenters. The van der Waals surface area contributed by atoms with Crippen molar-refractivity contribution in [3.8, 4) is 0 Å². The summed E-state index contributed by atoms with van der Waals surface area (Å²) in [5.74, 6) is -0.0622. The Kier molecular flexibility index (Phi) is 4.36. The quantitative estimate of drug-likeness (QED) is 0.854. The Balaban J connectivity index is 1.87. The van der Waals surface area contributed by atoms with E-state index in [2.05, 4.69) is 29.5 Å². The van der Waals surface area contributed by atoms with E-state index in [9.17, 15) is 9.59 Å². The van der Waals surface area contributed by atoms with E-state index < -0.39 is 5.97 Å². The molecule has 1 saturated carbocycles. The molecule has 1 aromatic rings. The SMILES string of the molecule is CC1CC(C)CC(NC(=O)Cn2cc(C(=O)O)nn2)C1. The van der Waals surface area contributed by atoms with Crippen LogP contribution in [0.4, 0.5) is 0 Å². The van der Waals surface area contributed by atoms with E-state index in [1.54, 1.807) is 0 Å². The number of hydrogen-bond acceptors (Lipinski definition) is 4. The Morgan fingerprint density at radius 3 is 2.55 bits per heavy atom. The summed E-state index contributed by atoms with van der Waals surface area (Å²) in [4.78, 5) is 22.6. The monoisotopic (exact) mass is 280 g/mol. The van der Waals surface area contributed by atoms with Crippen LogP contribution in [-0.4, -0.2) is 38.0 Å². The molecule has 1 aliphatic carbocycles. The second kappa shape index (κ2) is 6.02. The average molecular weight is 280 g/mol. The van der Waals surface area contributed by atoms with Gasteiger partial charge in [-0.3, -0.25) is 4.79 Å². The van der Waals surface area contributed by atoms with Crippen LogP contribution in [0.2, 0.25) is 0 Å². The third kappa shape index (κ3) is 3.79. The summed E-state index contributed by atoms with van der Waals surface area (Å²) < 4.78 is 1.24. The summed E-state index contributed by atoms with van der Waals surface area (Å²) in [6.07, 6.45) is 4.45. The molecule has 2 rings (SSSR count). The van der Waals surface area contributed by atoms with Gasteiger partial charge < -0.3 is 10.4 Å². The zero-order valence-electron chi connectivity index (χ0n) is 11.7. The van der Waals surface area contributed by atoms with Crippen LogP contribution >= 0.6 is 0 Å². The highest BCUT2D eigenvalue weighted by Crippen LogP contribution is 2.28.